The van der Waals surface area contributed by atoms with Gasteiger partial charge in [-0.3, -0.25) is 9.98 Å². The monoisotopic (exact) mass is 136 g/mol. The quantitative estimate of drug-likeness (QED) is 0.521. The van der Waals surface area contributed by atoms with Crippen LogP contribution in [0.15, 0.2) is 9.98 Å². The Morgan fingerprint density at radius 1 is 0.800 bits per heavy atom. The van der Waals surface area contributed by atoms with Crippen molar-refractivity contribution in [1.29, 1.82) is 0 Å². The molecule has 0 bridgehead atoms. The van der Waals surface area contributed by atoms with E-state index in [0.717, 1.165) is 13.1 Å². The van der Waals surface area contributed by atoms with Crippen molar-refractivity contribution in [3.8, 4) is 0 Å². The molecule has 0 saturated heterocycles. The van der Waals surface area contributed by atoms with Gasteiger partial charge in [0.25, 0.3) is 0 Å². The molecule has 0 saturated carbocycles. The first-order valence-corrected chi connectivity index (χ1v) is 4.04. The lowest BCUT2D eigenvalue weighted by Gasteiger charge is -1.95. The van der Waals surface area contributed by atoms with Crippen molar-refractivity contribution in [2.24, 2.45) is 9.98 Å². The van der Waals surface area contributed by atoms with Crippen molar-refractivity contribution >= 4 is 11.4 Å². The molecule has 0 radical (unpaired) electrons. The predicted octanol–water partition coefficient (Wildman–Crippen LogP) is 1.46. The molecule has 0 aliphatic carbocycles. The van der Waals surface area contributed by atoms with E-state index in [1.165, 1.54) is 37.1 Å². The highest BCUT2D eigenvalue weighted by Crippen LogP contribution is 2.12. The Balaban J connectivity index is 2.10. The van der Waals surface area contributed by atoms with Gasteiger partial charge in [0.15, 0.2) is 0 Å². The van der Waals surface area contributed by atoms with Gasteiger partial charge in [-0.25, -0.2) is 0 Å². The molecule has 2 rings (SSSR count). The van der Waals surface area contributed by atoms with Crippen molar-refractivity contribution in [3.63, 3.8) is 0 Å². The average molecular weight is 136 g/mol. The third-order valence-electron chi connectivity index (χ3n) is 2.08. The van der Waals surface area contributed by atoms with E-state index in [2.05, 4.69) is 9.98 Å². The van der Waals surface area contributed by atoms with Crippen LogP contribution >= 0.6 is 0 Å². The van der Waals surface area contributed by atoms with Gasteiger partial charge in [-0.15, -0.1) is 0 Å². The zero-order valence-corrected chi connectivity index (χ0v) is 6.14. The predicted molar refractivity (Wildman–Crippen MR) is 43.1 cm³/mol. The molecule has 0 unspecified atom stereocenters. The van der Waals surface area contributed by atoms with E-state index in [0.29, 0.717) is 0 Å². The summed E-state index contributed by atoms with van der Waals surface area (Å²) < 4.78 is 0. The number of hydrogen-bond donors (Lipinski definition) is 0. The molecule has 0 atom stereocenters. The third-order valence-corrected chi connectivity index (χ3v) is 2.08. The van der Waals surface area contributed by atoms with E-state index in [1.54, 1.807) is 0 Å². The Morgan fingerprint density at radius 2 is 1.30 bits per heavy atom. The van der Waals surface area contributed by atoms with Crippen LogP contribution in [0.3, 0.4) is 0 Å². The lowest BCUT2D eigenvalue weighted by atomic mass is 10.1. The molecule has 0 fully saturated rings. The lowest BCUT2D eigenvalue weighted by Crippen LogP contribution is -2.07. The fourth-order valence-corrected chi connectivity index (χ4v) is 1.55. The smallest absolute Gasteiger partial charge is 0.0559 e. The fourth-order valence-electron chi connectivity index (χ4n) is 1.55. The van der Waals surface area contributed by atoms with E-state index in [-0.39, 0.29) is 0 Å². The number of aliphatic imine (C=N–C) groups is 2. The van der Waals surface area contributed by atoms with Gasteiger partial charge in [0.05, 0.1) is 11.4 Å². The fraction of sp³-hybridized carbons (Fsp3) is 0.750. The van der Waals surface area contributed by atoms with Gasteiger partial charge in [0, 0.05) is 13.1 Å². The standard InChI is InChI=1S/C8H12N2/c1-3-7(9-5-1)8-4-2-6-10-8/h1-6H2. The molecule has 0 aromatic heterocycles. The minimum absolute atomic E-state index is 1.04. The van der Waals surface area contributed by atoms with Gasteiger partial charge in [-0.05, 0) is 25.7 Å². The van der Waals surface area contributed by atoms with Crippen molar-refractivity contribution < 1.29 is 0 Å². The van der Waals surface area contributed by atoms with E-state index in [4.69, 9.17) is 0 Å². The maximum atomic E-state index is 4.40. The number of nitrogens with zero attached hydrogens (tertiary/aromatic N) is 2. The van der Waals surface area contributed by atoms with E-state index in [1.807, 2.05) is 0 Å². The molecule has 2 heterocycles. The molecule has 54 valence electrons. The average Bonchev–Trinajstić information content (AvgIpc) is 2.59. The maximum Gasteiger partial charge on any atom is 0.0559 e. The maximum absolute atomic E-state index is 4.40. The van der Waals surface area contributed by atoms with Crippen molar-refractivity contribution in [3.05, 3.63) is 0 Å². The van der Waals surface area contributed by atoms with Gasteiger partial charge >= 0.3 is 0 Å². The first-order valence-electron chi connectivity index (χ1n) is 4.04. The van der Waals surface area contributed by atoms with Crippen molar-refractivity contribution in [1.82, 2.24) is 0 Å². The van der Waals surface area contributed by atoms with E-state index >= 15 is 0 Å². The second kappa shape index (κ2) is 2.52. The highest BCUT2D eigenvalue weighted by molar-refractivity contribution is 6.43. The molecule has 10 heavy (non-hydrogen) atoms. The topological polar surface area (TPSA) is 24.7 Å². The normalized spacial score (nSPS) is 24.8. The zero-order valence-electron chi connectivity index (χ0n) is 6.14. The van der Waals surface area contributed by atoms with E-state index in [9.17, 15) is 0 Å². The van der Waals surface area contributed by atoms with Crippen LogP contribution in [-0.2, 0) is 0 Å². The second-order valence-corrected chi connectivity index (χ2v) is 2.86. The Bertz CT molecular complexity index is 169. The molecule has 0 spiro atoms. The summed E-state index contributed by atoms with van der Waals surface area (Å²) in [6, 6.07) is 0. The summed E-state index contributed by atoms with van der Waals surface area (Å²) in [5.74, 6) is 0. The van der Waals surface area contributed by atoms with Crippen LogP contribution in [0.2, 0.25) is 0 Å². The zero-order chi connectivity index (χ0) is 6.81. The van der Waals surface area contributed by atoms with Crippen LogP contribution in [-0.4, -0.2) is 24.5 Å². The molecule has 0 aromatic rings. The lowest BCUT2D eigenvalue weighted by molar-refractivity contribution is 0.949. The largest absolute Gasteiger partial charge is 0.288 e. The van der Waals surface area contributed by atoms with Gasteiger partial charge in [-0.1, -0.05) is 0 Å². The minimum Gasteiger partial charge on any atom is -0.288 e. The summed E-state index contributed by atoms with van der Waals surface area (Å²) in [6.45, 7) is 2.07. The summed E-state index contributed by atoms with van der Waals surface area (Å²) >= 11 is 0. The van der Waals surface area contributed by atoms with Crippen LogP contribution < -0.4 is 0 Å². The minimum atomic E-state index is 1.04. The molecule has 0 N–H and O–H groups in total. The summed E-state index contributed by atoms with van der Waals surface area (Å²) in [6.07, 6.45) is 4.85. The molecule has 2 heteroatoms. The Hall–Kier alpha value is -0.660. The van der Waals surface area contributed by atoms with Gasteiger partial charge < -0.3 is 0 Å². The van der Waals surface area contributed by atoms with Gasteiger partial charge in [-0.2, -0.15) is 0 Å². The number of rotatable bonds is 1. The highest BCUT2D eigenvalue weighted by atomic mass is 14.8. The first kappa shape index (κ1) is 6.08. The van der Waals surface area contributed by atoms with Crippen LogP contribution in [0.4, 0.5) is 0 Å². The number of hydrogen-bond acceptors (Lipinski definition) is 2. The van der Waals surface area contributed by atoms with Crippen LogP contribution in [0, 0.1) is 0 Å². The van der Waals surface area contributed by atoms with Gasteiger partial charge in [0.2, 0.25) is 0 Å². The van der Waals surface area contributed by atoms with Crippen LogP contribution in [0.5, 0.6) is 0 Å². The first-order chi connectivity index (χ1) is 4.97. The highest BCUT2D eigenvalue weighted by Gasteiger charge is 2.15. The molecule has 0 amide bonds. The van der Waals surface area contributed by atoms with Crippen LogP contribution in [0.1, 0.15) is 25.7 Å². The Kier molecular flexibility index (Phi) is 1.53. The molecule has 2 aliphatic heterocycles. The van der Waals surface area contributed by atoms with Gasteiger partial charge in [0.1, 0.15) is 0 Å². The van der Waals surface area contributed by atoms with Crippen molar-refractivity contribution in [2.75, 3.05) is 13.1 Å². The second-order valence-electron chi connectivity index (χ2n) is 2.86. The molecule has 0 aromatic carbocycles. The Labute approximate surface area is 61.1 Å². The summed E-state index contributed by atoms with van der Waals surface area (Å²) in [5, 5.41) is 0. The molecular formula is C8H12N2. The molecule has 2 nitrogen and oxygen atoms in total. The van der Waals surface area contributed by atoms with E-state index < -0.39 is 0 Å². The summed E-state index contributed by atoms with van der Waals surface area (Å²) in [5.41, 5.74) is 2.61. The third kappa shape index (κ3) is 0.981. The Morgan fingerprint density at radius 3 is 1.60 bits per heavy atom. The summed E-state index contributed by atoms with van der Waals surface area (Å²) in [4.78, 5) is 8.81. The summed E-state index contributed by atoms with van der Waals surface area (Å²) in [7, 11) is 0. The molecule has 2 aliphatic rings. The molecular weight excluding hydrogens is 124 g/mol. The SMILES string of the molecule is C1CN=C(C2=NCCC2)C1. The van der Waals surface area contributed by atoms with Crippen LogP contribution in [0.25, 0.3) is 0 Å². The van der Waals surface area contributed by atoms with Crippen molar-refractivity contribution in [2.45, 2.75) is 25.7 Å².